The maximum absolute atomic E-state index is 12.6. The molecule has 29 heavy (non-hydrogen) atoms. The minimum Gasteiger partial charge on any atom is -0.369 e. The molecule has 0 radical (unpaired) electrons. The van der Waals surface area contributed by atoms with Crippen molar-refractivity contribution in [1.29, 1.82) is 5.26 Å². The van der Waals surface area contributed by atoms with Crippen molar-refractivity contribution in [1.82, 2.24) is 0 Å². The largest absolute Gasteiger partial charge is 0.369 e. The monoisotopic (exact) mass is 387 g/mol. The molecule has 0 aromatic heterocycles. The van der Waals surface area contributed by atoms with E-state index in [0.29, 0.717) is 11.6 Å². The summed E-state index contributed by atoms with van der Waals surface area (Å²) in [6.45, 7) is 10.8. The Bertz CT molecular complexity index is 1030. The Morgan fingerprint density at radius 2 is 1.93 bits per heavy atom. The summed E-state index contributed by atoms with van der Waals surface area (Å²) in [7, 11) is 2.12. The maximum atomic E-state index is 12.6. The second kappa shape index (κ2) is 7.75. The molecule has 1 atom stereocenters. The number of rotatable bonds is 3. The van der Waals surface area contributed by atoms with E-state index in [9.17, 15) is 10.1 Å². The zero-order chi connectivity index (χ0) is 21.3. The molecule has 0 fully saturated rings. The molecule has 2 aromatic carbocycles. The first-order valence-corrected chi connectivity index (χ1v) is 10.0. The van der Waals surface area contributed by atoms with Crippen molar-refractivity contribution in [2.24, 2.45) is 0 Å². The van der Waals surface area contributed by atoms with E-state index < -0.39 is 0 Å². The van der Waals surface area contributed by atoms with E-state index in [-0.39, 0.29) is 17.0 Å². The van der Waals surface area contributed by atoms with E-state index in [0.717, 1.165) is 23.1 Å². The van der Waals surface area contributed by atoms with Gasteiger partial charge in [-0.15, -0.1) is 0 Å². The minimum absolute atomic E-state index is 0.0975. The highest BCUT2D eigenvalue weighted by Gasteiger charge is 2.33. The van der Waals surface area contributed by atoms with Crippen molar-refractivity contribution in [3.05, 3.63) is 64.2 Å². The molecule has 4 heteroatoms. The number of anilines is 2. The van der Waals surface area contributed by atoms with Gasteiger partial charge in [-0.3, -0.25) is 4.79 Å². The molecule has 1 N–H and O–H groups in total. The van der Waals surface area contributed by atoms with Crippen LogP contribution in [-0.2, 0) is 4.79 Å². The second-order valence-electron chi connectivity index (χ2n) is 8.72. The van der Waals surface area contributed by atoms with Gasteiger partial charge in [-0.2, -0.15) is 5.26 Å². The number of carbonyl (C=O) groups is 1. The predicted octanol–water partition coefficient (Wildman–Crippen LogP) is 5.57. The smallest absolute Gasteiger partial charge is 0.266 e. The predicted molar refractivity (Wildman–Crippen MR) is 120 cm³/mol. The normalized spacial score (nSPS) is 18.0. The maximum Gasteiger partial charge on any atom is 0.266 e. The summed E-state index contributed by atoms with van der Waals surface area (Å²) in [5, 5.41) is 12.4. The van der Waals surface area contributed by atoms with Crippen molar-refractivity contribution in [3.63, 3.8) is 0 Å². The Morgan fingerprint density at radius 3 is 2.59 bits per heavy atom. The molecule has 0 bridgehead atoms. The van der Waals surface area contributed by atoms with Crippen LogP contribution in [0.25, 0.3) is 6.08 Å². The summed E-state index contributed by atoms with van der Waals surface area (Å²) >= 11 is 0. The molecule has 2 aromatic rings. The van der Waals surface area contributed by atoms with E-state index in [4.69, 9.17) is 0 Å². The van der Waals surface area contributed by atoms with Gasteiger partial charge in [0.05, 0.1) is 0 Å². The van der Waals surface area contributed by atoms with Gasteiger partial charge in [0.15, 0.2) is 0 Å². The molecule has 0 saturated carbocycles. The Hall–Kier alpha value is -3.06. The fourth-order valence-corrected chi connectivity index (χ4v) is 4.02. The Morgan fingerprint density at radius 1 is 1.21 bits per heavy atom. The minimum atomic E-state index is -0.389. The van der Waals surface area contributed by atoms with E-state index in [1.165, 1.54) is 11.3 Å². The molecule has 0 aliphatic carbocycles. The number of hydrogen-bond donors (Lipinski definition) is 1. The summed E-state index contributed by atoms with van der Waals surface area (Å²) in [5.41, 5.74) is 6.50. The molecule has 0 saturated heterocycles. The number of fused-ring (bicyclic) bond motifs is 1. The average molecular weight is 388 g/mol. The highest BCUT2D eigenvalue weighted by Crippen LogP contribution is 2.42. The lowest BCUT2D eigenvalue weighted by Crippen LogP contribution is -2.45. The SMILES string of the molecule is Cc1ccc(NC(=O)/C(C#N)=C\c2ccc3c(c2)C(C)CC(C)(C)N3C)cc1C. The van der Waals surface area contributed by atoms with Gasteiger partial charge in [-0.05, 0) is 92.6 Å². The molecule has 4 nitrogen and oxygen atoms in total. The number of nitrogens with one attached hydrogen (secondary N) is 1. The summed E-state index contributed by atoms with van der Waals surface area (Å²) < 4.78 is 0. The number of nitriles is 1. The lowest BCUT2D eigenvalue weighted by molar-refractivity contribution is -0.112. The first-order chi connectivity index (χ1) is 13.6. The second-order valence-corrected chi connectivity index (χ2v) is 8.72. The van der Waals surface area contributed by atoms with Crippen LogP contribution >= 0.6 is 0 Å². The summed E-state index contributed by atoms with van der Waals surface area (Å²) in [4.78, 5) is 14.9. The standard InChI is InChI=1S/C25H29N3O/c1-16-7-9-21(11-17(16)2)27-24(29)20(15-26)12-19-8-10-23-22(13-19)18(3)14-25(4,5)28(23)6/h7-13,18H,14H2,1-6H3,(H,27,29)/b20-12-. The van der Waals surface area contributed by atoms with Gasteiger partial charge in [0, 0.05) is 24.0 Å². The van der Waals surface area contributed by atoms with Gasteiger partial charge < -0.3 is 10.2 Å². The molecular formula is C25H29N3O. The summed E-state index contributed by atoms with van der Waals surface area (Å²) in [6, 6.07) is 14.0. The molecule has 1 aliphatic heterocycles. The van der Waals surface area contributed by atoms with Gasteiger partial charge in [0.1, 0.15) is 11.6 Å². The number of benzene rings is 2. The van der Waals surface area contributed by atoms with Gasteiger partial charge in [0.25, 0.3) is 5.91 Å². The van der Waals surface area contributed by atoms with E-state index in [1.807, 2.05) is 44.2 Å². The lowest BCUT2D eigenvalue weighted by Gasteiger charge is -2.45. The quantitative estimate of drug-likeness (QED) is 0.553. The topological polar surface area (TPSA) is 56.1 Å². The molecular weight excluding hydrogens is 358 g/mol. The third-order valence-corrected chi connectivity index (χ3v) is 6.10. The van der Waals surface area contributed by atoms with Gasteiger partial charge >= 0.3 is 0 Å². The zero-order valence-electron chi connectivity index (χ0n) is 18.1. The third kappa shape index (κ3) is 4.19. The molecule has 3 rings (SSSR count). The van der Waals surface area contributed by atoms with Crippen molar-refractivity contribution >= 4 is 23.4 Å². The van der Waals surface area contributed by atoms with E-state index >= 15 is 0 Å². The van der Waals surface area contributed by atoms with Crippen molar-refractivity contribution < 1.29 is 4.79 Å². The van der Waals surface area contributed by atoms with Crippen LogP contribution in [0.5, 0.6) is 0 Å². The van der Waals surface area contributed by atoms with E-state index in [2.05, 4.69) is 50.2 Å². The first kappa shape index (κ1) is 20.7. The molecule has 1 heterocycles. The van der Waals surface area contributed by atoms with Crippen molar-refractivity contribution in [3.8, 4) is 6.07 Å². The Labute approximate surface area is 173 Å². The molecule has 0 spiro atoms. The third-order valence-electron chi connectivity index (χ3n) is 6.10. The average Bonchev–Trinajstić information content (AvgIpc) is 2.67. The summed E-state index contributed by atoms with van der Waals surface area (Å²) in [5.74, 6) is 0.0271. The fraction of sp³-hybridized carbons (Fsp3) is 0.360. The molecule has 1 amide bonds. The highest BCUT2D eigenvalue weighted by molar-refractivity contribution is 6.09. The molecule has 150 valence electrons. The highest BCUT2D eigenvalue weighted by atomic mass is 16.1. The lowest BCUT2D eigenvalue weighted by atomic mass is 9.80. The van der Waals surface area contributed by atoms with Crippen LogP contribution in [-0.4, -0.2) is 18.5 Å². The van der Waals surface area contributed by atoms with Crippen LogP contribution in [0.15, 0.2) is 42.0 Å². The van der Waals surface area contributed by atoms with Crippen LogP contribution in [0, 0.1) is 25.2 Å². The number of hydrogen-bond acceptors (Lipinski definition) is 3. The van der Waals surface area contributed by atoms with Gasteiger partial charge in [-0.25, -0.2) is 0 Å². The van der Waals surface area contributed by atoms with Crippen LogP contribution in [0.4, 0.5) is 11.4 Å². The molecule has 1 aliphatic rings. The van der Waals surface area contributed by atoms with Gasteiger partial charge in [-0.1, -0.05) is 19.1 Å². The van der Waals surface area contributed by atoms with Crippen molar-refractivity contribution in [2.45, 2.75) is 52.5 Å². The fourth-order valence-electron chi connectivity index (χ4n) is 4.02. The Balaban J connectivity index is 1.88. The van der Waals surface area contributed by atoms with Crippen LogP contribution in [0.1, 0.15) is 55.4 Å². The summed E-state index contributed by atoms with van der Waals surface area (Å²) in [6.07, 6.45) is 2.73. The number of nitrogens with zero attached hydrogens (tertiary/aromatic N) is 2. The van der Waals surface area contributed by atoms with E-state index in [1.54, 1.807) is 6.08 Å². The number of carbonyl (C=O) groups excluding carboxylic acids is 1. The van der Waals surface area contributed by atoms with Crippen molar-refractivity contribution in [2.75, 3.05) is 17.3 Å². The van der Waals surface area contributed by atoms with Gasteiger partial charge in [0.2, 0.25) is 0 Å². The first-order valence-electron chi connectivity index (χ1n) is 10.0. The zero-order valence-corrected chi connectivity index (χ0v) is 18.1. The van der Waals surface area contributed by atoms with Crippen LogP contribution < -0.4 is 10.2 Å². The number of amides is 1. The number of aryl methyl sites for hydroxylation is 2. The van der Waals surface area contributed by atoms with Crippen LogP contribution in [0.2, 0.25) is 0 Å². The molecule has 1 unspecified atom stereocenters. The van der Waals surface area contributed by atoms with Crippen LogP contribution in [0.3, 0.4) is 0 Å². The Kier molecular flexibility index (Phi) is 5.53.